The molecule has 3 aliphatic heterocycles. The number of nitrogens with one attached hydrogen (secondary N) is 2. The summed E-state index contributed by atoms with van der Waals surface area (Å²) in [7, 11) is -4.28. The van der Waals surface area contributed by atoms with Crippen molar-refractivity contribution in [3.8, 4) is 0 Å². The number of halogens is 3. The van der Waals surface area contributed by atoms with Gasteiger partial charge in [-0.2, -0.15) is 13.2 Å². The fourth-order valence-corrected chi connectivity index (χ4v) is 12.4. The van der Waals surface area contributed by atoms with Crippen LogP contribution in [-0.4, -0.2) is 95.1 Å². The van der Waals surface area contributed by atoms with Crippen molar-refractivity contribution in [3.63, 3.8) is 0 Å². The highest BCUT2D eigenvalue weighted by Crippen LogP contribution is 2.90. The first-order valence-corrected chi connectivity index (χ1v) is 22.2. The molecule has 1 unspecified atom stereocenters. The topological polar surface area (TPSA) is 147 Å². The highest BCUT2D eigenvalue weighted by Gasteiger charge is 2.83. The van der Waals surface area contributed by atoms with Crippen molar-refractivity contribution >= 4 is 52.6 Å². The summed E-state index contributed by atoms with van der Waals surface area (Å²) < 4.78 is 63.9. The number of hydrogen-bond donors (Lipinski definition) is 2. The van der Waals surface area contributed by atoms with E-state index in [2.05, 4.69) is 15.4 Å². The number of carbonyl (C=O) groups is 4. The lowest BCUT2D eigenvalue weighted by molar-refractivity contribution is -0.153. The number of pyridine rings is 1. The van der Waals surface area contributed by atoms with Crippen LogP contribution >= 0.6 is 18.9 Å². The van der Waals surface area contributed by atoms with E-state index in [1.807, 2.05) is 24.1 Å². The molecule has 5 atom stereocenters. The lowest BCUT2D eigenvalue weighted by atomic mass is 9.89. The van der Waals surface area contributed by atoms with Crippen LogP contribution < -0.4 is 10.4 Å². The Bertz CT molecular complexity index is 2150. The Labute approximate surface area is 332 Å². The van der Waals surface area contributed by atoms with E-state index >= 15 is 0 Å². The van der Waals surface area contributed by atoms with E-state index in [1.54, 1.807) is 42.3 Å². The van der Waals surface area contributed by atoms with Crippen LogP contribution in [-0.2, 0) is 34.4 Å². The number of carbonyl (C=O) groups excluding carboxylic acids is 4. The number of benzene rings is 1. The molecule has 5 aliphatic rings. The van der Waals surface area contributed by atoms with Crippen LogP contribution in [0.5, 0.6) is 0 Å². The Morgan fingerprint density at radius 3 is 2.58 bits per heavy atom. The molecule has 306 valence electrons. The number of likely N-dealkylation sites (tertiary alicyclic amines) is 1. The first kappa shape index (κ1) is 40.0. The number of fused-ring (bicyclic) bond motifs is 2. The van der Waals surface area contributed by atoms with Crippen molar-refractivity contribution in [3.05, 3.63) is 64.3 Å². The van der Waals surface area contributed by atoms with Gasteiger partial charge in [0.25, 0.3) is 13.4 Å². The number of ether oxygens (including phenoxy) is 1. The van der Waals surface area contributed by atoms with E-state index in [1.165, 1.54) is 18.3 Å². The average molecular weight is 830 g/mol. The molecule has 0 spiro atoms. The van der Waals surface area contributed by atoms with Gasteiger partial charge >= 0.3 is 12.1 Å². The van der Waals surface area contributed by atoms with E-state index in [0.29, 0.717) is 52.9 Å². The second-order valence-corrected chi connectivity index (χ2v) is 20.0. The number of esters is 1. The second kappa shape index (κ2) is 14.8. The minimum atomic E-state index is -4.76. The highest BCUT2D eigenvalue weighted by atomic mass is 32.1. The minimum absolute atomic E-state index is 0.0422. The summed E-state index contributed by atoms with van der Waals surface area (Å²) in [6.45, 7) is 4.66. The lowest BCUT2D eigenvalue weighted by Crippen LogP contribution is -2.59. The third kappa shape index (κ3) is 7.86. The zero-order chi connectivity index (χ0) is 40.5. The van der Waals surface area contributed by atoms with Gasteiger partial charge in [-0.05, 0) is 116 Å². The van der Waals surface area contributed by atoms with Crippen molar-refractivity contribution in [2.45, 2.75) is 108 Å². The van der Waals surface area contributed by atoms with Gasteiger partial charge in [0.05, 0.1) is 17.6 Å². The number of alkyl halides is 3. The summed E-state index contributed by atoms with van der Waals surface area (Å²) in [6, 6.07) is 5.89. The number of nitrogens with zero attached hydrogens (tertiary/aromatic N) is 3. The van der Waals surface area contributed by atoms with Crippen LogP contribution in [0.4, 0.5) is 13.2 Å². The summed E-state index contributed by atoms with van der Waals surface area (Å²) in [5.41, 5.74) is 2.87. The Morgan fingerprint density at radius 2 is 1.86 bits per heavy atom. The van der Waals surface area contributed by atoms with Gasteiger partial charge in [-0.25, -0.2) is 5.09 Å². The maximum atomic E-state index is 14.5. The summed E-state index contributed by atoms with van der Waals surface area (Å²) in [4.78, 5) is 62.9. The van der Waals surface area contributed by atoms with E-state index in [-0.39, 0.29) is 41.2 Å². The molecule has 1 aromatic carbocycles. The number of hydrogen-bond acceptors (Lipinski definition) is 9. The molecule has 3 saturated heterocycles. The van der Waals surface area contributed by atoms with Crippen molar-refractivity contribution in [2.75, 3.05) is 26.3 Å². The van der Waals surface area contributed by atoms with E-state index in [4.69, 9.17) is 9.26 Å². The number of aryl methyl sites for hydroxylation is 1. The molecule has 2 N–H and O–H groups in total. The molecular weight excluding hydrogens is 783 g/mol. The highest BCUT2D eigenvalue weighted by molar-refractivity contribution is 7.56. The van der Waals surface area contributed by atoms with Gasteiger partial charge in [-0.1, -0.05) is 13.0 Å². The normalized spacial score (nSPS) is 28.2. The Hall–Kier alpha value is -3.85. The molecule has 5 heterocycles. The van der Waals surface area contributed by atoms with Crippen molar-refractivity contribution in [1.29, 1.82) is 0 Å². The molecule has 8 rings (SSSR count). The molecule has 57 heavy (non-hydrogen) atoms. The van der Waals surface area contributed by atoms with Gasteiger partial charge in [-0.3, -0.25) is 28.7 Å². The van der Waals surface area contributed by atoms with Crippen LogP contribution in [0.1, 0.15) is 91.1 Å². The van der Waals surface area contributed by atoms with Gasteiger partial charge in [0, 0.05) is 42.1 Å². The molecule has 3 aromatic rings. The molecule has 12 nitrogen and oxygen atoms in total. The first-order chi connectivity index (χ1) is 27.0. The van der Waals surface area contributed by atoms with Crippen LogP contribution in [0.15, 0.2) is 42.7 Å². The molecule has 0 bridgehead atoms. The Balaban J connectivity index is 0.964. The monoisotopic (exact) mass is 829 g/mol. The van der Waals surface area contributed by atoms with E-state index < -0.39 is 56.5 Å². The Morgan fingerprint density at radius 1 is 1.11 bits per heavy atom. The van der Waals surface area contributed by atoms with E-state index in [0.717, 1.165) is 36.8 Å². The van der Waals surface area contributed by atoms with Crippen LogP contribution in [0, 0.1) is 17.8 Å². The Kier molecular flexibility index (Phi) is 10.3. The summed E-state index contributed by atoms with van der Waals surface area (Å²) in [6.07, 6.45) is 3.75. The van der Waals surface area contributed by atoms with E-state index in [9.17, 15) is 36.9 Å². The van der Waals surface area contributed by atoms with Gasteiger partial charge in [-0.15, -0.1) is 11.3 Å². The smallest absolute Gasteiger partial charge is 0.412 e. The van der Waals surface area contributed by atoms with Crippen molar-refractivity contribution < 1.29 is 46.2 Å². The van der Waals surface area contributed by atoms with Crippen molar-refractivity contribution in [1.82, 2.24) is 25.2 Å². The summed E-state index contributed by atoms with van der Waals surface area (Å²) >= 11 is 1.20. The average Bonchev–Trinajstić information content (AvgIpc) is 3.68. The molecule has 5 fully saturated rings. The molecule has 3 amide bonds. The van der Waals surface area contributed by atoms with Gasteiger partial charge in [0.2, 0.25) is 11.8 Å². The predicted molar refractivity (Wildman–Crippen MR) is 206 cm³/mol. The lowest BCUT2D eigenvalue weighted by Gasteiger charge is -2.43. The molecule has 17 heteroatoms. The van der Waals surface area contributed by atoms with Crippen molar-refractivity contribution in [2.24, 2.45) is 10.8 Å². The fourth-order valence-electron chi connectivity index (χ4n) is 9.48. The molecule has 2 aliphatic carbocycles. The first-order valence-electron chi connectivity index (χ1n) is 19.6. The minimum Gasteiger partial charge on any atom is -0.465 e. The van der Waals surface area contributed by atoms with Gasteiger partial charge < -0.3 is 24.4 Å². The standard InChI is InChI=1S/C40H47F3N5O7PS/c1-4-11-54-37(52)24(3)46-56(53,55-22-40(41,42)43)19-25-5-8-32-26(12-25)13-33(57-32)34(49)45-30-15-39-20-38(39,21-39)14-28-6-7-31(48(28)35(30)50)36(51)47-17-27(18-47)29-16-44-10-9-23(29)2/h5,8-10,12-13,16,24,27-28,30-31H,4,6-7,11,14-15,17-22H2,1-3H3,(H,45,49)(H,46,53)/t24-,28+,30-,31-,38?,39?,56?/m0/s1. The third-order valence-corrected chi connectivity index (χ3v) is 15.9. The predicted octanol–water partition coefficient (Wildman–Crippen LogP) is 6.47. The number of thiophene rings is 1. The maximum Gasteiger partial charge on any atom is 0.412 e. The third-order valence-electron chi connectivity index (χ3n) is 12.6. The SMILES string of the molecule is CCCOC(=O)[C@H](C)NP(=O)(Cc1ccc2sc(C(=O)N[C@H]3CC45CC4(C[C@H]4CC[C@@H](C(=O)N6CC(c7cnccc7C)C6)N4C3=O)C5)cc2c1)OCC(F)(F)F. The zero-order valence-electron chi connectivity index (χ0n) is 32.1. The molecular formula is C40H47F3N5O7PS. The quantitative estimate of drug-likeness (QED) is 0.146. The largest absolute Gasteiger partial charge is 0.465 e. The van der Waals surface area contributed by atoms with Gasteiger partial charge in [0.1, 0.15) is 18.1 Å². The maximum absolute atomic E-state index is 14.5. The number of amides is 3. The van der Waals surface area contributed by atoms with Gasteiger partial charge in [0.15, 0.2) is 6.61 Å². The molecule has 2 saturated carbocycles. The fraction of sp³-hybridized carbons (Fsp3) is 0.575. The van der Waals surface area contributed by atoms with Crippen LogP contribution in [0.2, 0.25) is 0 Å². The van der Waals surface area contributed by atoms with Crippen LogP contribution in [0.3, 0.4) is 0 Å². The summed E-state index contributed by atoms with van der Waals surface area (Å²) in [5.74, 6) is -1.25. The molecule has 0 radical (unpaired) electrons. The molecule has 2 aromatic heterocycles. The zero-order valence-corrected chi connectivity index (χ0v) is 33.8. The summed E-state index contributed by atoms with van der Waals surface area (Å²) in [5, 5.41) is 6.08. The number of aromatic nitrogens is 1. The van der Waals surface area contributed by atoms with Crippen LogP contribution in [0.25, 0.3) is 10.1 Å². The number of rotatable bonds is 13. The second-order valence-electron chi connectivity index (χ2n) is 16.7.